The minimum Gasteiger partial charge on any atom is -0.486 e. The van der Waals surface area contributed by atoms with Crippen LogP contribution >= 0.6 is 0 Å². The summed E-state index contributed by atoms with van der Waals surface area (Å²) in [5.41, 5.74) is 1.13. The molecule has 2 unspecified atom stereocenters. The fourth-order valence-corrected chi connectivity index (χ4v) is 4.84. The Balaban J connectivity index is 1.25. The molecule has 2 saturated heterocycles. The van der Waals surface area contributed by atoms with Crippen LogP contribution in [-0.2, 0) is 4.79 Å². The maximum Gasteiger partial charge on any atom is 0.237 e. The molecule has 30 heavy (non-hydrogen) atoms. The quantitative estimate of drug-likeness (QED) is 0.764. The number of carbonyl (C=O) groups excluding carboxylic acids is 1. The predicted octanol–water partition coefficient (Wildman–Crippen LogP) is 2.69. The molecule has 3 aliphatic heterocycles. The van der Waals surface area contributed by atoms with Gasteiger partial charge in [-0.05, 0) is 56.8 Å². The number of rotatable bonds is 4. The highest BCUT2D eigenvalue weighted by Gasteiger charge is 2.33. The second kappa shape index (κ2) is 8.26. The number of piperidine rings is 1. The number of fused-ring (bicyclic) bond motifs is 1. The molecule has 2 fully saturated rings. The Morgan fingerprint density at radius 2 is 1.97 bits per heavy atom. The first-order valence-electron chi connectivity index (χ1n) is 10.9. The minimum absolute atomic E-state index is 0.104. The highest BCUT2D eigenvalue weighted by Crippen LogP contribution is 2.38. The predicted molar refractivity (Wildman–Crippen MR) is 109 cm³/mol. The Labute approximate surface area is 176 Å². The van der Waals surface area contributed by atoms with Crippen molar-refractivity contribution in [2.24, 2.45) is 0 Å². The Kier molecular flexibility index (Phi) is 5.33. The van der Waals surface area contributed by atoms with Gasteiger partial charge in [-0.1, -0.05) is 11.2 Å². The molecular weight excluding hydrogens is 384 g/mol. The molecule has 5 rings (SSSR count). The number of hydrogen-bond acceptors (Lipinski definition) is 7. The molecule has 3 aliphatic rings. The van der Waals surface area contributed by atoms with Gasteiger partial charge >= 0.3 is 0 Å². The molecule has 1 aromatic carbocycles. The van der Waals surface area contributed by atoms with Crippen molar-refractivity contribution >= 4 is 5.91 Å². The van der Waals surface area contributed by atoms with Crippen LogP contribution < -0.4 is 9.47 Å². The van der Waals surface area contributed by atoms with E-state index < -0.39 is 0 Å². The molecule has 0 aliphatic carbocycles. The number of nitrogens with zero attached hydrogens (tertiary/aromatic N) is 4. The zero-order valence-electron chi connectivity index (χ0n) is 17.4. The topological polar surface area (TPSA) is 80.9 Å². The molecule has 4 heterocycles. The standard InChI is InChI=1S/C22H28N4O4/c1-15-23-22(30-24-15)17-4-2-8-25(13-17)14-21(27)26-9-3-5-18(26)16-6-7-19-20(12-16)29-11-10-28-19/h6-7,12,17-18H,2-5,8-11,13-14H2,1H3. The van der Waals surface area contributed by atoms with Crippen LogP contribution in [-0.4, -0.2) is 65.2 Å². The zero-order valence-corrected chi connectivity index (χ0v) is 17.4. The number of aryl methyl sites for hydroxylation is 1. The third kappa shape index (κ3) is 3.88. The highest BCUT2D eigenvalue weighted by molar-refractivity contribution is 5.79. The number of likely N-dealkylation sites (tertiary alicyclic amines) is 2. The van der Waals surface area contributed by atoms with Gasteiger partial charge in [0.25, 0.3) is 0 Å². The van der Waals surface area contributed by atoms with Gasteiger partial charge in [0.1, 0.15) is 13.2 Å². The Hall–Kier alpha value is -2.61. The lowest BCUT2D eigenvalue weighted by Crippen LogP contribution is -2.43. The van der Waals surface area contributed by atoms with Gasteiger partial charge in [0.15, 0.2) is 17.3 Å². The summed E-state index contributed by atoms with van der Waals surface area (Å²) >= 11 is 0. The van der Waals surface area contributed by atoms with E-state index in [-0.39, 0.29) is 17.9 Å². The van der Waals surface area contributed by atoms with E-state index in [0.717, 1.165) is 62.4 Å². The monoisotopic (exact) mass is 412 g/mol. The number of ether oxygens (including phenoxy) is 2. The molecular formula is C22H28N4O4. The van der Waals surface area contributed by atoms with Crippen molar-refractivity contribution < 1.29 is 18.8 Å². The molecule has 2 aromatic rings. The highest BCUT2D eigenvalue weighted by atomic mass is 16.6. The van der Waals surface area contributed by atoms with E-state index >= 15 is 0 Å². The molecule has 160 valence electrons. The molecule has 8 nitrogen and oxygen atoms in total. The van der Waals surface area contributed by atoms with Gasteiger partial charge in [0.05, 0.1) is 18.5 Å². The van der Waals surface area contributed by atoms with Gasteiger partial charge in [-0.25, -0.2) is 0 Å². The second-order valence-corrected chi connectivity index (χ2v) is 8.40. The minimum atomic E-state index is 0.104. The lowest BCUT2D eigenvalue weighted by atomic mass is 9.98. The first-order chi connectivity index (χ1) is 14.7. The van der Waals surface area contributed by atoms with Crippen molar-refractivity contribution in [2.45, 2.75) is 44.6 Å². The van der Waals surface area contributed by atoms with E-state index in [1.54, 1.807) is 0 Å². The lowest BCUT2D eigenvalue weighted by molar-refractivity contribution is -0.133. The average Bonchev–Trinajstić information content (AvgIpc) is 3.43. The van der Waals surface area contributed by atoms with Gasteiger partial charge in [0, 0.05) is 13.1 Å². The number of aromatic nitrogens is 2. The fraction of sp³-hybridized carbons (Fsp3) is 0.591. The molecule has 1 amide bonds. The molecule has 8 heteroatoms. The molecule has 0 N–H and O–H groups in total. The van der Waals surface area contributed by atoms with Gasteiger partial charge in [-0.3, -0.25) is 9.69 Å². The van der Waals surface area contributed by atoms with E-state index in [1.165, 1.54) is 0 Å². The van der Waals surface area contributed by atoms with Crippen molar-refractivity contribution in [2.75, 3.05) is 39.4 Å². The van der Waals surface area contributed by atoms with Gasteiger partial charge in [-0.2, -0.15) is 4.98 Å². The third-order valence-electron chi connectivity index (χ3n) is 6.28. The number of carbonyl (C=O) groups is 1. The Bertz CT molecular complexity index is 914. The van der Waals surface area contributed by atoms with E-state index in [2.05, 4.69) is 21.1 Å². The Morgan fingerprint density at radius 1 is 1.13 bits per heavy atom. The van der Waals surface area contributed by atoms with E-state index in [1.807, 2.05) is 24.0 Å². The maximum atomic E-state index is 13.2. The zero-order chi connectivity index (χ0) is 20.5. The van der Waals surface area contributed by atoms with Crippen molar-refractivity contribution in [3.05, 3.63) is 35.5 Å². The van der Waals surface area contributed by atoms with Gasteiger partial charge in [0.2, 0.25) is 11.8 Å². The maximum absolute atomic E-state index is 13.2. The summed E-state index contributed by atoms with van der Waals surface area (Å²) < 4.78 is 16.7. The smallest absolute Gasteiger partial charge is 0.237 e. The second-order valence-electron chi connectivity index (χ2n) is 8.40. The van der Waals surface area contributed by atoms with Gasteiger partial charge in [-0.15, -0.1) is 0 Å². The van der Waals surface area contributed by atoms with Crippen molar-refractivity contribution in [1.82, 2.24) is 19.9 Å². The van der Waals surface area contributed by atoms with Crippen LogP contribution in [0, 0.1) is 6.92 Å². The van der Waals surface area contributed by atoms with Crippen molar-refractivity contribution in [3.63, 3.8) is 0 Å². The number of hydrogen-bond donors (Lipinski definition) is 0. The number of benzene rings is 1. The van der Waals surface area contributed by atoms with Crippen LogP contribution in [0.4, 0.5) is 0 Å². The first-order valence-corrected chi connectivity index (χ1v) is 10.9. The van der Waals surface area contributed by atoms with Crippen LogP contribution in [0.25, 0.3) is 0 Å². The largest absolute Gasteiger partial charge is 0.486 e. The summed E-state index contributed by atoms with van der Waals surface area (Å²) in [4.78, 5) is 21.9. The van der Waals surface area contributed by atoms with Crippen LogP contribution in [0.3, 0.4) is 0 Å². The summed E-state index contributed by atoms with van der Waals surface area (Å²) in [6, 6.07) is 6.18. The summed E-state index contributed by atoms with van der Waals surface area (Å²) in [5.74, 6) is 3.33. The third-order valence-corrected chi connectivity index (χ3v) is 6.28. The summed E-state index contributed by atoms with van der Waals surface area (Å²) in [6.07, 6.45) is 4.06. The molecule has 0 saturated carbocycles. The number of amides is 1. The van der Waals surface area contributed by atoms with Gasteiger partial charge < -0.3 is 18.9 Å². The van der Waals surface area contributed by atoms with Crippen LogP contribution in [0.15, 0.2) is 22.7 Å². The van der Waals surface area contributed by atoms with E-state index in [9.17, 15) is 4.79 Å². The lowest BCUT2D eigenvalue weighted by Gasteiger charge is -2.33. The summed E-state index contributed by atoms with van der Waals surface area (Å²) in [6.45, 7) is 5.94. The van der Waals surface area contributed by atoms with E-state index in [4.69, 9.17) is 14.0 Å². The van der Waals surface area contributed by atoms with Crippen molar-refractivity contribution in [1.29, 1.82) is 0 Å². The first kappa shape index (κ1) is 19.4. The van der Waals surface area contributed by atoms with E-state index in [0.29, 0.717) is 31.5 Å². The summed E-state index contributed by atoms with van der Waals surface area (Å²) in [5, 5.41) is 3.92. The molecule has 0 radical (unpaired) electrons. The normalized spacial score (nSPS) is 24.2. The molecule has 1 aromatic heterocycles. The molecule has 0 spiro atoms. The molecule has 2 atom stereocenters. The fourth-order valence-electron chi connectivity index (χ4n) is 4.84. The molecule has 0 bridgehead atoms. The van der Waals surface area contributed by atoms with Crippen molar-refractivity contribution in [3.8, 4) is 11.5 Å². The summed E-state index contributed by atoms with van der Waals surface area (Å²) in [7, 11) is 0. The SMILES string of the molecule is Cc1noc(C2CCCN(CC(=O)N3CCCC3c3ccc4c(c3)OCCO4)C2)n1. The van der Waals surface area contributed by atoms with Crippen LogP contribution in [0.5, 0.6) is 11.5 Å². The van der Waals surface area contributed by atoms with Crippen LogP contribution in [0.2, 0.25) is 0 Å². The van der Waals surface area contributed by atoms with Crippen LogP contribution in [0.1, 0.15) is 54.9 Å². The average molecular weight is 412 g/mol. The Morgan fingerprint density at radius 3 is 2.80 bits per heavy atom.